The van der Waals surface area contributed by atoms with Crippen LogP contribution in [0, 0.1) is 6.92 Å². The summed E-state index contributed by atoms with van der Waals surface area (Å²) in [6.45, 7) is 7.89. The summed E-state index contributed by atoms with van der Waals surface area (Å²) >= 11 is 1.75. The Balaban J connectivity index is 1.38. The molecule has 1 saturated heterocycles. The predicted molar refractivity (Wildman–Crippen MR) is 118 cm³/mol. The fraction of sp³-hybridized carbons (Fsp3) is 0.524. The van der Waals surface area contributed by atoms with Gasteiger partial charge in [-0.05, 0) is 38.3 Å². The number of benzene rings is 1. The van der Waals surface area contributed by atoms with Crippen molar-refractivity contribution < 1.29 is 4.74 Å². The van der Waals surface area contributed by atoms with E-state index in [0.717, 1.165) is 54.2 Å². The van der Waals surface area contributed by atoms with Crippen molar-refractivity contribution in [3.05, 3.63) is 40.9 Å². The Morgan fingerprint density at radius 2 is 2.07 bits per heavy atom. The van der Waals surface area contributed by atoms with E-state index in [0.29, 0.717) is 6.54 Å². The molecule has 0 radical (unpaired) electrons. The Labute approximate surface area is 172 Å². The first-order chi connectivity index (χ1) is 13.7. The zero-order valence-electron chi connectivity index (χ0n) is 17.1. The fourth-order valence-electron chi connectivity index (χ4n) is 3.18. The molecule has 0 amide bonds. The lowest BCUT2D eigenvalue weighted by atomic mass is 10.2. The number of nitrogens with one attached hydrogen (secondary N) is 2. The summed E-state index contributed by atoms with van der Waals surface area (Å²) in [5.41, 5.74) is 2.29. The van der Waals surface area contributed by atoms with Crippen molar-refractivity contribution in [2.24, 2.45) is 4.99 Å². The van der Waals surface area contributed by atoms with Gasteiger partial charge in [-0.3, -0.25) is 4.99 Å². The molecule has 6 nitrogen and oxygen atoms in total. The van der Waals surface area contributed by atoms with E-state index in [1.165, 1.54) is 12.8 Å². The van der Waals surface area contributed by atoms with E-state index in [-0.39, 0.29) is 6.10 Å². The van der Waals surface area contributed by atoms with E-state index in [9.17, 15) is 0 Å². The second kappa shape index (κ2) is 10.3. The number of nitrogens with zero attached hydrogens (tertiary/aromatic N) is 3. The molecule has 0 spiro atoms. The van der Waals surface area contributed by atoms with Crippen LogP contribution in [0.25, 0.3) is 0 Å². The van der Waals surface area contributed by atoms with Gasteiger partial charge in [-0.2, -0.15) is 0 Å². The van der Waals surface area contributed by atoms with Crippen molar-refractivity contribution in [2.45, 2.75) is 39.2 Å². The van der Waals surface area contributed by atoms with E-state index in [1.54, 1.807) is 18.4 Å². The Kier molecular flexibility index (Phi) is 7.54. The standard InChI is InChI=1S/C21H31N5OS/c1-16-8-4-5-9-19(16)27-17(2)14-24-20(22-3)23-11-10-18-15-28-21(25-18)26-12-6-7-13-26/h4-5,8-9,15,17H,6-7,10-14H2,1-3H3,(H2,22,23,24). The molecule has 2 aromatic rings. The van der Waals surface area contributed by atoms with Gasteiger partial charge in [0.25, 0.3) is 0 Å². The van der Waals surface area contributed by atoms with Crippen molar-refractivity contribution >= 4 is 22.4 Å². The van der Waals surface area contributed by atoms with Crippen molar-refractivity contribution in [1.29, 1.82) is 0 Å². The number of rotatable bonds is 8. The van der Waals surface area contributed by atoms with Crippen LogP contribution < -0.4 is 20.3 Å². The smallest absolute Gasteiger partial charge is 0.191 e. The molecule has 152 valence electrons. The van der Waals surface area contributed by atoms with E-state index >= 15 is 0 Å². The largest absolute Gasteiger partial charge is 0.489 e. The molecule has 1 aliphatic heterocycles. The number of ether oxygens (including phenoxy) is 1. The van der Waals surface area contributed by atoms with E-state index < -0.39 is 0 Å². The quantitative estimate of drug-likeness (QED) is 0.525. The lowest BCUT2D eigenvalue weighted by Gasteiger charge is -2.18. The minimum absolute atomic E-state index is 0.0428. The van der Waals surface area contributed by atoms with Crippen molar-refractivity contribution in [3.8, 4) is 5.75 Å². The Hall–Kier alpha value is -2.28. The van der Waals surface area contributed by atoms with Crippen LogP contribution in [0.5, 0.6) is 5.75 Å². The van der Waals surface area contributed by atoms with Crippen molar-refractivity contribution in [1.82, 2.24) is 15.6 Å². The van der Waals surface area contributed by atoms with Crippen LogP contribution in [0.2, 0.25) is 0 Å². The maximum absolute atomic E-state index is 6.01. The summed E-state index contributed by atoms with van der Waals surface area (Å²) in [6, 6.07) is 8.08. The van der Waals surface area contributed by atoms with Crippen LogP contribution in [0.15, 0.2) is 34.6 Å². The number of thiazole rings is 1. The van der Waals surface area contributed by atoms with Crippen LogP contribution in [0.1, 0.15) is 31.0 Å². The third-order valence-electron chi connectivity index (χ3n) is 4.79. The first kappa shape index (κ1) is 20.5. The Bertz CT molecular complexity index is 770. The normalized spacial score (nSPS) is 15.5. The number of aromatic nitrogens is 1. The van der Waals surface area contributed by atoms with Gasteiger partial charge in [0.05, 0.1) is 12.2 Å². The van der Waals surface area contributed by atoms with Crippen LogP contribution in [0.3, 0.4) is 0 Å². The molecule has 1 unspecified atom stereocenters. The highest BCUT2D eigenvalue weighted by Crippen LogP contribution is 2.24. The molecule has 0 aliphatic carbocycles. The molecule has 0 saturated carbocycles. The second-order valence-electron chi connectivity index (χ2n) is 7.14. The first-order valence-electron chi connectivity index (χ1n) is 10.0. The van der Waals surface area contributed by atoms with E-state index in [1.807, 2.05) is 18.2 Å². The van der Waals surface area contributed by atoms with Crippen molar-refractivity contribution in [3.63, 3.8) is 0 Å². The number of hydrogen-bond donors (Lipinski definition) is 2. The summed E-state index contributed by atoms with van der Waals surface area (Å²) in [7, 11) is 1.79. The average Bonchev–Trinajstić information content (AvgIpc) is 3.38. The molecular weight excluding hydrogens is 370 g/mol. The minimum Gasteiger partial charge on any atom is -0.489 e. The van der Waals surface area contributed by atoms with Crippen LogP contribution in [-0.4, -0.2) is 50.3 Å². The summed E-state index contributed by atoms with van der Waals surface area (Å²) in [5, 5.41) is 10.0. The van der Waals surface area contributed by atoms with Gasteiger partial charge in [0.2, 0.25) is 0 Å². The fourth-order valence-corrected chi connectivity index (χ4v) is 4.10. The molecule has 1 atom stereocenters. The van der Waals surface area contributed by atoms with Crippen LogP contribution in [-0.2, 0) is 6.42 Å². The van der Waals surface area contributed by atoms with E-state index in [4.69, 9.17) is 9.72 Å². The molecule has 1 aliphatic rings. The van der Waals surface area contributed by atoms with Gasteiger partial charge < -0.3 is 20.3 Å². The molecule has 2 N–H and O–H groups in total. The molecule has 7 heteroatoms. The maximum Gasteiger partial charge on any atom is 0.191 e. The number of hydrogen-bond acceptors (Lipinski definition) is 5. The number of para-hydroxylation sites is 1. The van der Waals surface area contributed by atoms with Gasteiger partial charge in [0.1, 0.15) is 11.9 Å². The minimum atomic E-state index is 0.0428. The molecule has 28 heavy (non-hydrogen) atoms. The summed E-state index contributed by atoms with van der Waals surface area (Å²) in [5.74, 6) is 1.72. The second-order valence-corrected chi connectivity index (χ2v) is 7.98. The highest BCUT2D eigenvalue weighted by molar-refractivity contribution is 7.13. The molecule has 3 rings (SSSR count). The van der Waals surface area contributed by atoms with Gasteiger partial charge >= 0.3 is 0 Å². The third kappa shape index (κ3) is 5.86. The van der Waals surface area contributed by atoms with Crippen LogP contribution in [0.4, 0.5) is 5.13 Å². The lowest BCUT2D eigenvalue weighted by Crippen LogP contribution is -2.42. The zero-order valence-corrected chi connectivity index (χ0v) is 17.9. The van der Waals surface area contributed by atoms with Gasteiger partial charge in [0.15, 0.2) is 11.1 Å². The Morgan fingerprint density at radius 3 is 2.82 bits per heavy atom. The van der Waals surface area contributed by atoms with Crippen LogP contribution >= 0.6 is 11.3 Å². The maximum atomic E-state index is 6.01. The zero-order chi connectivity index (χ0) is 19.8. The topological polar surface area (TPSA) is 61.8 Å². The van der Waals surface area contributed by atoms with Gasteiger partial charge in [-0.1, -0.05) is 18.2 Å². The average molecular weight is 402 g/mol. The molecule has 0 bridgehead atoms. The molecule has 1 aromatic carbocycles. The molecule has 1 aromatic heterocycles. The molecule has 1 fully saturated rings. The number of guanidine groups is 1. The van der Waals surface area contributed by atoms with Gasteiger partial charge in [-0.15, -0.1) is 11.3 Å². The Morgan fingerprint density at radius 1 is 1.29 bits per heavy atom. The highest BCUT2D eigenvalue weighted by atomic mass is 32.1. The van der Waals surface area contributed by atoms with Gasteiger partial charge in [0, 0.05) is 38.5 Å². The lowest BCUT2D eigenvalue weighted by molar-refractivity contribution is 0.222. The number of aryl methyl sites for hydroxylation is 1. The SMILES string of the molecule is CN=C(NCCc1csc(N2CCCC2)n1)NCC(C)Oc1ccccc1C. The first-order valence-corrected chi connectivity index (χ1v) is 10.9. The van der Waals surface area contributed by atoms with E-state index in [2.05, 4.69) is 45.8 Å². The molecule has 2 heterocycles. The summed E-state index contributed by atoms with van der Waals surface area (Å²) in [4.78, 5) is 11.5. The number of anilines is 1. The van der Waals surface area contributed by atoms with Gasteiger partial charge in [-0.25, -0.2) is 4.98 Å². The van der Waals surface area contributed by atoms with Crippen molar-refractivity contribution in [2.75, 3.05) is 38.1 Å². The highest BCUT2D eigenvalue weighted by Gasteiger charge is 2.15. The monoisotopic (exact) mass is 401 g/mol. The summed E-state index contributed by atoms with van der Waals surface area (Å²) < 4.78 is 6.01. The summed E-state index contributed by atoms with van der Waals surface area (Å²) in [6.07, 6.45) is 3.50. The third-order valence-corrected chi connectivity index (χ3v) is 5.74. The number of aliphatic imine (C=N–C) groups is 1. The predicted octanol–water partition coefficient (Wildman–Crippen LogP) is 3.23. The molecular formula is C21H31N5OS.